The van der Waals surface area contributed by atoms with Gasteiger partial charge in [0.25, 0.3) is 5.56 Å². The summed E-state index contributed by atoms with van der Waals surface area (Å²) in [6.07, 6.45) is 4.72. The minimum absolute atomic E-state index is 0.0464. The van der Waals surface area contributed by atoms with Crippen LogP contribution in [-0.4, -0.2) is 29.6 Å². The number of aryl methyl sites for hydroxylation is 3. The Labute approximate surface area is 201 Å². The molecule has 0 unspecified atom stereocenters. The van der Waals surface area contributed by atoms with Crippen LogP contribution in [0.2, 0.25) is 5.02 Å². The molecule has 0 saturated carbocycles. The Balaban J connectivity index is 1.73. The Bertz CT molecular complexity index is 1420. The summed E-state index contributed by atoms with van der Waals surface area (Å²) in [5.74, 6) is 1.06. The van der Waals surface area contributed by atoms with Gasteiger partial charge in [0.2, 0.25) is 0 Å². The zero-order chi connectivity index (χ0) is 24.6. The van der Waals surface area contributed by atoms with E-state index in [1.807, 2.05) is 6.92 Å². The summed E-state index contributed by atoms with van der Waals surface area (Å²) < 4.78 is 12.4. The van der Waals surface area contributed by atoms with Crippen molar-refractivity contribution in [2.24, 2.45) is 0 Å². The van der Waals surface area contributed by atoms with Crippen LogP contribution in [0.15, 0.2) is 46.1 Å². The van der Waals surface area contributed by atoms with Crippen molar-refractivity contribution in [3.8, 4) is 22.8 Å². The molecular formula is C24H24ClN5O4. The molecule has 34 heavy (non-hydrogen) atoms. The van der Waals surface area contributed by atoms with Crippen molar-refractivity contribution in [1.82, 2.24) is 24.5 Å². The molecule has 0 amide bonds. The number of ether oxygens (including phenoxy) is 1. The summed E-state index contributed by atoms with van der Waals surface area (Å²) >= 11 is 6.41. The van der Waals surface area contributed by atoms with Gasteiger partial charge in [0.05, 0.1) is 17.1 Å². The van der Waals surface area contributed by atoms with Gasteiger partial charge in [-0.05, 0) is 45.4 Å². The second-order valence-electron chi connectivity index (χ2n) is 8.43. The van der Waals surface area contributed by atoms with E-state index in [4.69, 9.17) is 20.8 Å². The molecule has 1 N–H and O–H groups in total. The van der Waals surface area contributed by atoms with Crippen LogP contribution in [0.1, 0.15) is 42.5 Å². The Morgan fingerprint density at radius 2 is 1.91 bits per heavy atom. The van der Waals surface area contributed by atoms with Crippen molar-refractivity contribution < 1.29 is 14.3 Å². The van der Waals surface area contributed by atoms with Crippen LogP contribution in [0.4, 0.5) is 0 Å². The number of halogens is 1. The van der Waals surface area contributed by atoms with Gasteiger partial charge in [-0.2, -0.15) is 0 Å². The molecule has 0 bridgehead atoms. The van der Waals surface area contributed by atoms with Crippen molar-refractivity contribution >= 4 is 11.6 Å². The molecule has 0 radical (unpaired) electrons. The zero-order valence-electron chi connectivity index (χ0n) is 19.5. The van der Waals surface area contributed by atoms with Crippen molar-refractivity contribution in [3.63, 3.8) is 0 Å². The predicted molar refractivity (Wildman–Crippen MR) is 126 cm³/mol. The van der Waals surface area contributed by atoms with E-state index in [0.717, 1.165) is 5.56 Å². The third kappa shape index (κ3) is 4.71. The van der Waals surface area contributed by atoms with Gasteiger partial charge in [-0.15, -0.1) is 0 Å². The van der Waals surface area contributed by atoms with Gasteiger partial charge < -0.3 is 14.3 Å². The van der Waals surface area contributed by atoms with Gasteiger partial charge in [-0.1, -0.05) is 11.6 Å². The van der Waals surface area contributed by atoms with Crippen LogP contribution in [-0.2, 0) is 12.2 Å². The van der Waals surface area contributed by atoms with Crippen LogP contribution in [0, 0.1) is 20.8 Å². The van der Waals surface area contributed by atoms with Crippen molar-refractivity contribution in [3.05, 3.63) is 80.9 Å². The molecule has 0 aliphatic carbocycles. The van der Waals surface area contributed by atoms with Gasteiger partial charge in [0.1, 0.15) is 34.9 Å². The third-order valence-electron chi connectivity index (χ3n) is 5.12. The van der Waals surface area contributed by atoms with Gasteiger partial charge in [0.15, 0.2) is 11.7 Å². The fourth-order valence-corrected chi connectivity index (χ4v) is 3.60. The van der Waals surface area contributed by atoms with E-state index in [0.29, 0.717) is 34.4 Å². The summed E-state index contributed by atoms with van der Waals surface area (Å²) in [5, 5.41) is 10.2. The summed E-state index contributed by atoms with van der Waals surface area (Å²) in [6, 6.07) is 5.16. The predicted octanol–water partition coefficient (Wildman–Crippen LogP) is 4.06. The maximum absolute atomic E-state index is 13.2. The van der Waals surface area contributed by atoms with Crippen molar-refractivity contribution in [1.29, 1.82) is 0 Å². The molecule has 0 aliphatic heterocycles. The van der Waals surface area contributed by atoms with E-state index in [9.17, 15) is 9.90 Å². The first-order valence-corrected chi connectivity index (χ1v) is 10.9. The van der Waals surface area contributed by atoms with Gasteiger partial charge in [0, 0.05) is 31.1 Å². The first-order valence-electron chi connectivity index (χ1n) is 10.5. The number of hydrogen-bond donors (Lipinski definition) is 1. The molecule has 4 rings (SSSR count). The number of nitrogens with zero attached hydrogens (tertiary/aromatic N) is 5. The first-order chi connectivity index (χ1) is 16.0. The average Bonchev–Trinajstić information content (AvgIpc) is 3.21. The molecule has 4 aromatic heterocycles. The van der Waals surface area contributed by atoms with Gasteiger partial charge in [-0.3, -0.25) is 14.3 Å². The highest BCUT2D eigenvalue weighted by Gasteiger charge is 2.21. The van der Waals surface area contributed by atoms with E-state index in [1.165, 1.54) is 10.8 Å². The fraction of sp³-hybridized carbons (Fsp3) is 0.292. The fourth-order valence-electron chi connectivity index (χ4n) is 3.40. The van der Waals surface area contributed by atoms with E-state index in [2.05, 4.69) is 19.9 Å². The van der Waals surface area contributed by atoms with E-state index in [1.54, 1.807) is 58.3 Å². The minimum atomic E-state index is -1.20. The van der Waals surface area contributed by atoms with E-state index >= 15 is 0 Å². The number of pyridine rings is 2. The maximum atomic E-state index is 13.2. The quantitative estimate of drug-likeness (QED) is 0.438. The number of oxazole rings is 1. The number of rotatable bonds is 6. The molecular weight excluding hydrogens is 458 g/mol. The van der Waals surface area contributed by atoms with Crippen LogP contribution in [0.3, 0.4) is 0 Å². The van der Waals surface area contributed by atoms with Crippen LogP contribution < -0.4 is 10.3 Å². The number of hydrogen-bond acceptors (Lipinski definition) is 8. The summed E-state index contributed by atoms with van der Waals surface area (Å²) in [5.41, 5.74) is 2.02. The Hall–Kier alpha value is -3.56. The molecule has 4 heterocycles. The lowest BCUT2D eigenvalue weighted by atomic mass is 10.1. The lowest BCUT2D eigenvalue weighted by Gasteiger charge is -2.17. The zero-order valence-corrected chi connectivity index (χ0v) is 20.2. The highest BCUT2D eigenvalue weighted by atomic mass is 35.5. The molecule has 0 aliphatic rings. The standard InChI is InChI=1S/C24H24ClN5O4/c1-13-10-27-18(17-6-7-26-23(29-17)24(4,5)32)9-19(13)30-14(2)8-20(21(25)22(30)31)34-12-16-11-33-15(3)28-16/h6-11,32H,12H2,1-5H3. The molecule has 0 spiro atoms. The topological polar surface area (TPSA) is 116 Å². The third-order valence-corrected chi connectivity index (χ3v) is 5.47. The summed E-state index contributed by atoms with van der Waals surface area (Å²) in [6.45, 7) is 8.72. The highest BCUT2D eigenvalue weighted by molar-refractivity contribution is 6.31. The van der Waals surface area contributed by atoms with Crippen LogP contribution >= 0.6 is 11.6 Å². The Morgan fingerprint density at radius 3 is 2.59 bits per heavy atom. The van der Waals surface area contributed by atoms with Crippen molar-refractivity contribution in [2.45, 2.75) is 46.8 Å². The van der Waals surface area contributed by atoms with Gasteiger partial charge >= 0.3 is 0 Å². The monoisotopic (exact) mass is 481 g/mol. The van der Waals surface area contributed by atoms with E-state index < -0.39 is 11.2 Å². The molecule has 0 aromatic carbocycles. The minimum Gasteiger partial charge on any atom is -0.485 e. The maximum Gasteiger partial charge on any atom is 0.277 e. The first kappa shape index (κ1) is 23.6. The van der Waals surface area contributed by atoms with Crippen molar-refractivity contribution in [2.75, 3.05) is 0 Å². The van der Waals surface area contributed by atoms with Gasteiger partial charge in [-0.25, -0.2) is 15.0 Å². The molecule has 0 atom stereocenters. The average molecular weight is 482 g/mol. The Kier molecular flexibility index (Phi) is 6.24. The molecule has 0 saturated heterocycles. The molecule has 0 fully saturated rings. The second kappa shape index (κ2) is 9.00. The second-order valence-corrected chi connectivity index (χ2v) is 8.81. The largest absolute Gasteiger partial charge is 0.485 e. The number of aliphatic hydroxyl groups is 1. The molecule has 9 nitrogen and oxygen atoms in total. The molecule has 176 valence electrons. The smallest absolute Gasteiger partial charge is 0.277 e. The lowest BCUT2D eigenvalue weighted by Crippen LogP contribution is -2.23. The summed E-state index contributed by atoms with van der Waals surface area (Å²) in [4.78, 5) is 30.5. The Morgan fingerprint density at radius 1 is 1.15 bits per heavy atom. The highest BCUT2D eigenvalue weighted by Crippen LogP contribution is 2.27. The molecule has 4 aromatic rings. The van der Waals surface area contributed by atoms with E-state index in [-0.39, 0.29) is 23.2 Å². The normalized spacial score (nSPS) is 11.6. The van der Waals surface area contributed by atoms with Crippen LogP contribution in [0.5, 0.6) is 5.75 Å². The number of aromatic nitrogens is 5. The van der Waals surface area contributed by atoms with Crippen LogP contribution in [0.25, 0.3) is 17.1 Å². The SMILES string of the molecule is Cc1nc(COc2cc(C)n(-c3cc(-c4ccnc(C(C)(C)O)n4)ncc3C)c(=O)c2Cl)co1. The lowest BCUT2D eigenvalue weighted by molar-refractivity contribution is 0.0688. The summed E-state index contributed by atoms with van der Waals surface area (Å²) in [7, 11) is 0. The molecule has 10 heteroatoms.